The van der Waals surface area contributed by atoms with E-state index in [9.17, 15) is 9.59 Å². The summed E-state index contributed by atoms with van der Waals surface area (Å²) in [5, 5.41) is 9.66. The molecular formula is C14H15NO4. The summed E-state index contributed by atoms with van der Waals surface area (Å²) in [6, 6.07) is 7.43. The predicted molar refractivity (Wildman–Crippen MR) is 70.2 cm³/mol. The van der Waals surface area contributed by atoms with Crippen LogP contribution in [0.15, 0.2) is 24.3 Å². The van der Waals surface area contributed by atoms with Gasteiger partial charge in [-0.15, -0.1) is 0 Å². The predicted octanol–water partition coefficient (Wildman–Crippen LogP) is 2.36. The highest BCUT2D eigenvalue weighted by atomic mass is 16.5. The number of rotatable bonds is 5. The number of aryl methyl sites for hydroxylation is 1. The van der Waals surface area contributed by atoms with Crippen LogP contribution in [0.4, 0.5) is 0 Å². The molecule has 0 amide bonds. The maximum absolute atomic E-state index is 11.9. The van der Waals surface area contributed by atoms with E-state index in [0.717, 1.165) is 10.9 Å². The second-order valence-corrected chi connectivity index (χ2v) is 4.14. The highest BCUT2D eigenvalue weighted by Crippen LogP contribution is 2.24. The van der Waals surface area contributed by atoms with Gasteiger partial charge in [-0.3, -0.25) is 4.79 Å². The number of esters is 1. The molecule has 0 aliphatic carbocycles. The Labute approximate surface area is 110 Å². The van der Waals surface area contributed by atoms with E-state index in [1.807, 2.05) is 24.3 Å². The Balaban J connectivity index is 2.45. The number of nitrogens with one attached hydrogen (secondary N) is 1. The number of aromatic nitrogens is 1. The standard InChI is InChI=1S/C14H15NO4/c1-2-19-14(18)13-10(7-8-12(16)17)9-5-3-4-6-11(9)15-13/h3-6,15H,2,7-8H2,1H3,(H,16,17). The lowest BCUT2D eigenvalue weighted by atomic mass is 10.1. The van der Waals surface area contributed by atoms with E-state index in [1.165, 1.54) is 0 Å². The Kier molecular flexibility index (Phi) is 3.85. The van der Waals surface area contributed by atoms with Gasteiger partial charge in [0.1, 0.15) is 5.69 Å². The first-order valence-corrected chi connectivity index (χ1v) is 6.12. The Hall–Kier alpha value is -2.30. The zero-order chi connectivity index (χ0) is 13.8. The molecule has 1 aromatic carbocycles. The Morgan fingerprint density at radius 2 is 2.05 bits per heavy atom. The number of carbonyl (C=O) groups is 2. The third-order valence-corrected chi connectivity index (χ3v) is 2.88. The summed E-state index contributed by atoms with van der Waals surface area (Å²) in [6.45, 7) is 2.02. The topological polar surface area (TPSA) is 79.4 Å². The molecule has 0 unspecified atom stereocenters. The fraction of sp³-hybridized carbons (Fsp3) is 0.286. The van der Waals surface area contributed by atoms with Crippen molar-refractivity contribution in [2.75, 3.05) is 6.61 Å². The van der Waals surface area contributed by atoms with Gasteiger partial charge in [-0.25, -0.2) is 4.79 Å². The molecule has 0 atom stereocenters. The van der Waals surface area contributed by atoms with E-state index in [2.05, 4.69) is 4.98 Å². The van der Waals surface area contributed by atoms with Crippen molar-refractivity contribution >= 4 is 22.8 Å². The minimum atomic E-state index is -0.889. The average molecular weight is 261 g/mol. The van der Waals surface area contributed by atoms with Crippen LogP contribution in [0.1, 0.15) is 29.4 Å². The summed E-state index contributed by atoms with van der Waals surface area (Å²) in [4.78, 5) is 25.6. The van der Waals surface area contributed by atoms with Crippen LogP contribution < -0.4 is 0 Å². The van der Waals surface area contributed by atoms with E-state index in [4.69, 9.17) is 9.84 Å². The third-order valence-electron chi connectivity index (χ3n) is 2.88. The van der Waals surface area contributed by atoms with Gasteiger partial charge in [0, 0.05) is 17.3 Å². The van der Waals surface area contributed by atoms with Crippen LogP contribution in [0, 0.1) is 0 Å². The van der Waals surface area contributed by atoms with E-state index in [-0.39, 0.29) is 13.0 Å². The van der Waals surface area contributed by atoms with Gasteiger partial charge in [0.25, 0.3) is 0 Å². The molecule has 100 valence electrons. The fourth-order valence-corrected chi connectivity index (χ4v) is 2.07. The number of H-pyrrole nitrogens is 1. The van der Waals surface area contributed by atoms with Crippen molar-refractivity contribution in [2.45, 2.75) is 19.8 Å². The lowest BCUT2D eigenvalue weighted by Crippen LogP contribution is -2.09. The molecule has 0 saturated heterocycles. The monoisotopic (exact) mass is 261 g/mol. The normalized spacial score (nSPS) is 10.6. The summed E-state index contributed by atoms with van der Waals surface area (Å²) >= 11 is 0. The first-order chi connectivity index (χ1) is 9.13. The van der Waals surface area contributed by atoms with Crippen molar-refractivity contribution in [1.29, 1.82) is 0 Å². The lowest BCUT2D eigenvalue weighted by molar-refractivity contribution is -0.136. The van der Waals surface area contributed by atoms with Crippen molar-refractivity contribution in [3.63, 3.8) is 0 Å². The number of carbonyl (C=O) groups excluding carboxylic acids is 1. The van der Waals surface area contributed by atoms with Crippen LogP contribution in [-0.2, 0) is 16.0 Å². The molecular weight excluding hydrogens is 246 g/mol. The highest BCUT2D eigenvalue weighted by molar-refractivity contribution is 5.98. The number of ether oxygens (including phenoxy) is 1. The highest BCUT2D eigenvalue weighted by Gasteiger charge is 2.18. The summed E-state index contributed by atoms with van der Waals surface area (Å²) in [6.07, 6.45) is 0.280. The van der Waals surface area contributed by atoms with Gasteiger partial charge < -0.3 is 14.8 Å². The van der Waals surface area contributed by atoms with Crippen LogP contribution in [0.5, 0.6) is 0 Å². The molecule has 1 heterocycles. The smallest absolute Gasteiger partial charge is 0.355 e. The molecule has 19 heavy (non-hydrogen) atoms. The van der Waals surface area contributed by atoms with Gasteiger partial charge >= 0.3 is 11.9 Å². The molecule has 0 aliphatic rings. The SMILES string of the molecule is CCOC(=O)c1[nH]c2ccccc2c1CCC(=O)O. The molecule has 5 nitrogen and oxygen atoms in total. The lowest BCUT2D eigenvalue weighted by Gasteiger charge is -2.03. The largest absolute Gasteiger partial charge is 0.481 e. The summed E-state index contributed by atoms with van der Waals surface area (Å²) in [5.41, 5.74) is 1.87. The van der Waals surface area contributed by atoms with Crippen molar-refractivity contribution < 1.29 is 19.4 Å². The van der Waals surface area contributed by atoms with Crippen molar-refractivity contribution in [1.82, 2.24) is 4.98 Å². The first kappa shape index (κ1) is 13.1. The van der Waals surface area contributed by atoms with Crippen LogP contribution in [0.2, 0.25) is 0 Å². The number of carboxylic acids is 1. The van der Waals surface area contributed by atoms with Crippen molar-refractivity contribution in [3.05, 3.63) is 35.5 Å². The maximum Gasteiger partial charge on any atom is 0.355 e. The zero-order valence-corrected chi connectivity index (χ0v) is 10.6. The molecule has 0 bridgehead atoms. The number of fused-ring (bicyclic) bond motifs is 1. The first-order valence-electron chi connectivity index (χ1n) is 6.12. The molecule has 5 heteroatoms. The van der Waals surface area contributed by atoms with Crippen molar-refractivity contribution in [2.24, 2.45) is 0 Å². The van der Waals surface area contributed by atoms with E-state index in [0.29, 0.717) is 17.7 Å². The quantitative estimate of drug-likeness (QED) is 0.810. The molecule has 0 aliphatic heterocycles. The summed E-state index contributed by atoms with van der Waals surface area (Å²) in [5.74, 6) is -1.33. The van der Waals surface area contributed by atoms with Gasteiger partial charge in [-0.2, -0.15) is 0 Å². The number of hydrogen-bond acceptors (Lipinski definition) is 3. The number of hydrogen-bond donors (Lipinski definition) is 2. The molecule has 0 radical (unpaired) electrons. The average Bonchev–Trinajstić information content (AvgIpc) is 2.75. The number of aromatic amines is 1. The second kappa shape index (κ2) is 5.56. The van der Waals surface area contributed by atoms with Crippen LogP contribution in [0.3, 0.4) is 0 Å². The zero-order valence-electron chi connectivity index (χ0n) is 10.6. The van der Waals surface area contributed by atoms with Gasteiger partial charge in [0.2, 0.25) is 0 Å². The Bertz CT molecular complexity index is 615. The van der Waals surface area contributed by atoms with Gasteiger partial charge in [0.05, 0.1) is 6.61 Å². The summed E-state index contributed by atoms with van der Waals surface area (Å²) < 4.78 is 4.99. The maximum atomic E-state index is 11.9. The van der Waals surface area contributed by atoms with Crippen molar-refractivity contribution in [3.8, 4) is 0 Å². The molecule has 0 fully saturated rings. The van der Waals surface area contributed by atoms with E-state index >= 15 is 0 Å². The molecule has 2 aromatic rings. The Morgan fingerprint density at radius 3 is 2.74 bits per heavy atom. The van der Waals surface area contributed by atoms with Crippen LogP contribution in [-0.4, -0.2) is 28.6 Å². The molecule has 2 N–H and O–H groups in total. The number of carboxylic acid groups (broad SMARTS) is 1. The summed E-state index contributed by atoms with van der Waals surface area (Å²) in [7, 11) is 0. The number of aliphatic carboxylic acids is 1. The van der Waals surface area contributed by atoms with Gasteiger partial charge in [-0.05, 0) is 25.0 Å². The van der Waals surface area contributed by atoms with Gasteiger partial charge in [0.15, 0.2) is 0 Å². The van der Waals surface area contributed by atoms with E-state index < -0.39 is 11.9 Å². The van der Waals surface area contributed by atoms with Gasteiger partial charge in [-0.1, -0.05) is 18.2 Å². The number of benzene rings is 1. The van der Waals surface area contributed by atoms with Crippen LogP contribution >= 0.6 is 0 Å². The minimum absolute atomic E-state index is 0.0196. The molecule has 1 aromatic heterocycles. The molecule has 2 rings (SSSR count). The molecule has 0 spiro atoms. The third kappa shape index (κ3) is 2.76. The second-order valence-electron chi connectivity index (χ2n) is 4.14. The molecule has 0 saturated carbocycles. The Morgan fingerprint density at radius 1 is 1.32 bits per heavy atom. The minimum Gasteiger partial charge on any atom is -0.481 e. The number of para-hydroxylation sites is 1. The van der Waals surface area contributed by atoms with E-state index in [1.54, 1.807) is 6.92 Å². The van der Waals surface area contributed by atoms with Crippen LogP contribution in [0.25, 0.3) is 10.9 Å². The fourth-order valence-electron chi connectivity index (χ4n) is 2.07.